The van der Waals surface area contributed by atoms with E-state index in [1.54, 1.807) is 0 Å². The normalized spacial score (nSPS) is 26.4. The van der Waals surface area contributed by atoms with Gasteiger partial charge in [-0.2, -0.15) is 0 Å². The Morgan fingerprint density at radius 2 is 2.14 bits per heavy atom. The number of carbonyl (C=O) groups is 1. The van der Waals surface area contributed by atoms with Crippen LogP contribution in [0, 0.1) is 11.8 Å². The molecule has 0 fully saturated rings. The van der Waals surface area contributed by atoms with Crippen molar-refractivity contribution in [3.05, 3.63) is 12.2 Å². The van der Waals surface area contributed by atoms with E-state index in [4.69, 9.17) is 4.74 Å². The van der Waals surface area contributed by atoms with Gasteiger partial charge in [-0.1, -0.05) is 26.0 Å². The molecule has 0 saturated carbocycles. The zero-order valence-electron chi connectivity index (χ0n) is 9.16. The van der Waals surface area contributed by atoms with Crippen LogP contribution in [-0.2, 0) is 9.53 Å². The van der Waals surface area contributed by atoms with Gasteiger partial charge in [-0.15, -0.1) is 0 Å². The van der Waals surface area contributed by atoms with E-state index in [1.807, 2.05) is 6.92 Å². The van der Waals surface area contributed by atoms with Crippen molar-refractivity contribution < 1.29 is 9.53 Å². The third-order valence-corrected chi connectivity index (χ3v) is 2.91. The number of hydrogen-bond acceptors (Lipinski definition) is 2. The smallest absolute Gasteiger partial charge is 0.158 e. The SMILES string of the molecule is CCC(=O)COCC1CC=CCC1C. The first-order valence-corrected chi connectivity index (χ1v) is 5.48. The van der Waals surface area contributed by atoms with E-state index in [0.29, 0.717) is 24.9 Å². The predicted octanol–water partition coefficient (Wildman–Crippen LogP) is 2.58. The lowest BCUT2D eigenvalue weighted by molar-refractivity contribution is -0.123. The van der Waals surface area contributed by atoms with Crippen molar-refractivity contribution in [3.8, 4) is 0 Å². The Morgan fingerprint density at radius 3 is 2.79 bits per heavy atom. The van der Waals surface area contributed by atoms with Gasteiger partial charge in [-0.3, -0.25) is 4.79 Å². The summed E-state index contributed by atoms with van der Waals surface area (Å²) in [6.45, 7) is 5.15. The van der Waals surface area contributed by atoms with Gasteiger partial charge in [0.2, 0.25) is 0 Å². The van der Waals surface area contributed by atoms with E-state index in [-0.39, 0.29) is 5.78 Å². The zero-order chi connectivity index (χ0) is 10.4. The number of ether oxygens (including phenoxy) is 1. The maximum Gasteiger partial charge on any atom is 0.158 e. The molecule has 1 aliphatic carbocycles. The van der Waals surface area contributed by atoms with Gasteiger partial charge >= 0.3 is 0 Å². The van der Waals surface area contributed by atoms with Gasteiger partial charge in [-0.05, 0) is 24.7 Å². The summed E-state index contributed by atoms with van der Waals surface area (Å²) in [5, 5.41) is 0. The van der Waals surface area contributed by atoms with Crippen molar-refractivity contribution in [1.82, 2.24) is 0 Å². The number of rotatable bonds is 5. The van der Waals surface area contributed by atoms with E-state index < -0.39 is 0 Å². The monoisotopic (exact) mass is 196 g/mol. The third kappa shape index (κ3) is 3.62. The molecule has 80 valence electrons. The van der Waals surface area contributed by atoms with Crippen LogP contribution in [0.4, 0.5) is 0 Å². The number of carbonyl (C=O) groups excluding carboxylic acids is 1. The fourth-order valence-electron chi connectivity index (χ4n) is 1.67. The van der Waals surface area contributed by atoms with Gasteiger partial charge in [0.25, 0.3) is 0 Å². The van der Waals surface area contributed by atoms with E-state index in [1.165, 1.54) is 0 Å². The molecule has 0 aliphatic heterocycles. The van der Waals surface area contributed by atoms with Gasteiger partial charge in [0.05, 0.1) is 6.61 Å². The standard InChI is InChI=1S/C12H20O2/c1-3-12(13)9-14-8-11-7-5-4-6-10(11)2/h4-5,10-11H,3,6-9H2,1-2H3. The van der Waals surface area contributed by atoms with Crippen molar-refractivity contribution in [2.24, 2.45) is 11.8 Å². The Kier molecular flexibility index (Phi) is 4.88. The summed E-state index contributed by atoms with van der Waals surface area (Å²) in [4.78, 5) is 11.0. The van der Waals surface area contributed by atoms with Gasteiger partial charge in [0.1, 0.15) is 6.61 Å². The van der Waals surface area contributed by atoms with Crippen molar-refractivity contribution in [2.75, 3.05) is 13.2 Å². The highest BCUT2D eigenvalue weighted by Crippen LogP contribution is 2.24. The van der Waals surface area contributed by atoms with Crippen molar-refractivity contribution >= 4 is 5.78 Å². The Balaban J connectivity index is 2.17. The van der Waals surface area contributed by atoms with Crippen LogP contribution < -0.4 is 0 Å². The van der Waals surface area contributed by atoms with Crippen LogP contribution in [0.1, 0.15) is 33.1 Å². The summed E-state index contributed by atoms with van der Waals surface area (Å²) in [6.07, 6.45) is 7.28. The molecule has 0 spiro atoms. The molecule has 2 unspecified atom stereocenters. The molecule has 2 atom stereocenters. The Bertz CT molecular complexity index is 208. The fourth-order valence-corrected chi connectivity index (χ4v) is 1.67. The average molecular weight is 196 g/mol. The lowest BCUT2D eigenvalue weighted by atomic mass is 9.85. The molecule has 0 N–H and O–H groups in total. The Morgan fingerprint density at radius 1 is 1.43 bits per heavy atom. The molecule has 0 amide bonds. The maximum absolute atomic E-state index is 11.0. The molecule has 0 aromatic carbocycles. The van der Waals surface area contributed by atoms with E-state index >= 15 is 0 Å². The molecule has 0 aromatic rings. The molecule has 0 aromatic heterocycles. The van der Waals surface area contributed by atoms with Gasteiger partial charge in [0, 0.05) is 6.42 Å². The number of Topliss-reactive ketones (excluding diaryl/α,β-unsaturated/α-hetero) is 1. The summed E-state index contributed by atoms with van der Waals surface area (Å²) < 4.78 is 5.41. The molecule has 0 saturated heterocycles. The summed E-state index contributed by atoms with van der Waals surface area (Å²) in [6, 6.07) is 0. The molecule has 14 heavy (non-hydrogen) atoms. The Labute approximate surface area is 86.3 Å². The van der Waals surface area contributed by atoms with Crippen molar-refractivity contribution in [2.45, 2.75) is 33.1 Å². The van der Waals surface area contributed by atoms with E-state index in [0.717, 1.165) is 19.4 Å². The number of hydrogen-bond donors (Lipinski definition) is 0. The zero-order valence-corrected chi connectivity index (χ0v) is 9.16. The van der Waals surface area contributed by atoms with Crippen LogP contribution in [-0.4, -0.2) is 19.0 Å². The molecule has 1 aliphatic rings. The summed E-state index contributed by atoms with van der Waals surface area (Å²) in [7, 11) is 0. The lowest BCUT2D eigenvalue weighted by Crippen LogP contribution is -2.21. The van der Waals surface area contributed by atoms with Crippen LogP contribution >= 0.6 is 0 Å². The topological polar surface area (TPSA) is 26.3 Å². The predicted molar refractivity (Wildman–Crippen MR) is 57.1 cm³/mol. The second-order valence-electron chi connectivity index (χ2n) is 4.09. The quantitative estimate of drug-likeness (QED) is 0.632. The average Bonchev–Trinajstić information content (AvgIpc) is 2.20. The molecule has 0 heterocycles. The molecular weight excluding hydrogens is 176 g/mol. The van der Waals surface area contributed by atoms with Crippen LogP contribution in [0.3, 0.4) is 0 Å². The molecule has 2 heteroatoms. The number of ketones is 1. The first-order chi connectivity index (χ1) is 6.74. The number of allylic oxidation sites excluding steroid dienone is 2. The highest BCUT2D eigenvalue weighted by molar-refractivity contribution is 5.79. The largest absolute Gasteiger partial charge is 0.373 e. The summed E-state index contributed by atoms with van der Waals surface area (Å²) in [5.74, 6) is 1.49. The van der Waals surface area contributed by atoms with Crippen LogP contribution in [0.25, 0.3) is 0 Å². The van der Waals surface area contributed by atoms with Gasteiger partial charge in [0.15, 0.2) is 5.78 Å². The van der Waals surface area contributed by atoms with Crippen LogP contribution in [0.2, 0.25) is 0 Å². The van der Waals surface area contributed by atoms with Crippen molar-refractivity contribution in [1.29, 1.82) is 0 Å². The summed E-state index contributed by atoms with van der Waals surface area (Å²) >= 11 is 0. The lowest BCUT2D eigenvalue weighted by Gasteiger charge is -2.24. The maximum atomic E-state index is 11.0. The van der Waals surface area contributed by atoms with Crippen LogP contribution in [0.5, 0.6) is 0 Å². The first kappa shape index (κ1) is 11.4. The second-order valence-corrected chi connectivity index (χ2v) is 4.09. The fraction of sp³-hybridized carbons (Fsp3) is 0.750. The van der Waals surface area contributed by atoms with Crippen LogP contribution in [0.15, 0.2) is 12.2 Å². The second kappa shape index (κ2) is 5.97. The van der Waals surface area contributed by atoms with Crippen molar-refractivity contribution in [3.63, 3.8) is 0 Å². The molecule has 2 nitrogen and oxygen atoms in total. The first-order valence-electron chi connectivity index (χ1n) is 5.48. The van der Waals surface area contributed by atoms with E-state index in [9.17, 15) is 4.79 Å². The highest BCUT2D eigenvalue weighted by Gasteiger charge is 2.18. The minimum atomic E-state index is 0.198. The Hall–Kier alpha value is -0.630. The third-order valence-electron chi connectivity index (χ3n) is 2.91. The molecule has 0 bridgehead atoms. The van der Waals surface area contributed by atoms with Gasteiger partial charge < -0.3 is 4.74 Å². The van der Waals surface area contributed by atoms with Gasteiger partial charge in [-0.25, -0.2) is 0 Å². The summed E-state index contributed by atoms with van der Waals surface area (Å²) in [5.41, 5.74) is 0. The molecule has 1 rings (SSSR count). The van der Waals surface area contributed by atoms with E-state index in [2.05, 4.69) is 19.1 Å². The molecule has 0 radical (unpaired) electrons. The minimum absolute atomic E-state index is 0.198. The highest BCUT2D eigenvalue weighted by atomic mass is 16.5. The minimum Gasteiger partial charge on any atom is -0.373 e. The molecular formula is C12H20O2.